The van der Waals surface area contributed by atoms with Crippen LogP contribution >= 0.6 is 56.0 Å². The number of amides is 4. The fraction of sp³-hybridized carbons (Fsp3) is 0.676. The number of nitrogens with one attached hydrogen (secondary N) is 2. The number of hydrogen-bond donors (Lipinski definition) is 7. The van der Waals surface area contributed by atoms with E-state index < -0.39 is 78.1 Å². The number of carboxylic acid groups (broad SMARTS) is 2. The van der Waals surface area contributed by atoms with Crippen LogP contribution in [0.1, 0.15) is 26.7 Å². The molecule has 4 heterocycles. The molecule has 0 aromatic heterocycles. The number of nitrogens with zero attached hydrogens (tertiary/aromatic N) is 18. The lowest BCUT2D eigenvalue weighted by molar-refractivity contribution is -0.163. The predicted molar refractivity (Wildman–Crippen MR) is 293 cm³/mol. The number of aliphatic carboxylic acids is 2. The molecule has 0 spiro atoms. The van der Waals surface area contributed by atoms with Gasteiger partial charge in [0, 0.05) is 61.7 Å². The monoisotopic (exact) mass is 1320 g/mol. The van der Waals surface area contributed by atoms with Crippen LogP contribution in [-0.2, 0) is 90.6 Å². The summed E-state index contributed by atoms with van der Waals surface area (Å²) in [6, 6.07) is 0. The van der Waals surface area contributed by atoms with Gasteiger partial charge in [0.05, 0.1) is 87.9 Å². The van der Waals surface area contributed by atoms with E-state index in [1.807, 2.05) is 0 Å². The highest BCUT2D eigenvalue weighted by molar-refractivity contribution is 7.35. The Kier molecular flexibility index (Phi) is 53.7. The summed E-state index contributed by atoms with van der Waals surface area (Å²) < 4.78 is 39.8. The van der Waals surface area contributed by atoms with Crippen molar-refractivity contribution in [1.82, 2.24) is 24.4 Å². The Bertz CT molecular complexity index is 2370. The zero-order valence-corrected chi connectivity index (χ0v) is 50.5. The van der Waals surface area contributed by atoms with Gasteiger partial charge in [-0.1, -0.05) is 38.3 Å². The Hall–Kier alpha value is -6.96. The number of aliphatic hydroxyl groups excluding tert-OH is 2. The SMILES string of the molecule is CCC(=O)Cl.CCC(=O)N(CC(O)C(=O)OC)PN=[N+]=[N-].COC(=O)C(O)CNPN=[N+]=[N-].COC(=O)C1CN(PN=[N+]=[N-])C(=O)CO1.COC(=O)C1CO1.O=C1COC(C(=O)O)CN1.[N-]=[N+]=NPN.[N-]=[N+]=NPN1CC(C(=O)O)OCC1=O. The van der Waals surface area contributed by atoms with Crippen LogP contribution in [0.5, 0.6) is 0 Å². The average molecular weight is 1320 g/mol. The number of rotatable bonds is 21. The van der Waals surface area contributed by atoms with Crippen molar-refractivity contribution in [1.29, 1.82) is 0 Å². The van der Waals surface area contributed by atoms with Crippen LogP contribution in [0.3, 0.4) is 0 Å². The van der Waals surface area contributed by atoms with Gasteiger partial charge in [0.2, 0.25) is 17.1 Å². The first-order chi connectivity index (χ1) is 39.8. The molecule has 470 valence electrons. The second-order valence-corrected chi connectivity index (χ2v) is 18.2. The largest absolute Gasteiger partial charge is 0.479 e. The van der Waals surface area contributed by atoms with Gasteiger partial charge < -0.3 is 83.2 Å². The Balaban J connectivity index is -0.000000447. The molecule has 50 heteroatoms. The maximum Gasteiger partial charge on any atom is 0.337 e. The molecule has 0 aromatic rings. The van der Waals surface area contributed by atoms with Gasteiger partial charge in [0.1, 0.15) is 19.8 Å². The number of morpholine rings is 3. The van der Waals surface area contributed by atoms with Gasteiger partial charge in [0.15, 0.2) is 36.6 Å². The summed E-state index contributed by atoms with van der Waals surface area (Å²) in [6.07, 6.45) is -4.96. The Morgan fingerprint density at radius 2 is 1.13 bits per heavy atom. The number of nitrogens with two attached hydrogens (primary N) is 1. The minimum absolute atomic E-state index is 0.0180. The second-order valence-electron chi connectivity index (χ2n) is 13.8. The maximum atomic E-state index is 11.4. The molecule has 4 fully saturated rings. The lowest BCUT2D eigenvalue weighted by Gasteiger charge is -2.29. The van der Waals surface area contributed by atoms with Crippen LogP contribution < -0.4 is 15.9 Å². The summed E-state index contributed by atoms with van der Waals surface area (Å²) in [5.74, 6) is -5.78. The number of methoxy groups -OCH3 is 4. The standard InChI is InChI=1S/C7H13N4O4P.C6H9N4O4P.C5H7N4O4P.C5H7NO4.C4H9N4O3P.C4H6O3.C3H5ClO.H3N4P/c1-3-6(13)11(16-10-9-8)4-5(12)7(14)15-2;1-13-6(12)4-2-10(15-9-8-7)5(11)3-14-4;6-7-8-14-9-1-3(5(11)12)13-2-4(9)10;7-4-2-10-3(1-6-4)5(8)9;1-11-4(10)3(9)2-6-12-8-7-5;1-6-4(5)3-2-7-3;1-2-3(4)5;1-3-4-5-2/h5,12,16H,3-4H2,1-2H3;4,15H,2-3H2,1H3;3,14H,1-2H2,(H,11,12);3H,1-2H2,(H,6,7)(H,8,9);3,6,9,12H,2H2,1H3;3H,2H2,1H3;2H2,1H3;5H,2H2. The molecule has 0 saturated carbocycles. The number of ether oxygens (including phenoxy) is 8. The Morgan fingerprint density at radius 1 is 0.690 bits per heavy atom. The molecule has 4 aliphatic rings. The molecular weight excluding hydrogens is 1260 g/mol. The number of carbonyl (C=O) groups is 11. The normalized spacial score (nSPS) is 17.9. The third kappa shape index (κ3) is 44.6. The van der Waals surface area contributed by atoms with Gasteiger partial charge in [-0.25, -0.2) is 28.8 Å². The van der Waals surface area contributed by atoms with Crippen molar-refractivity contribution < 1.29 is 111 Å². The maximum absolute atomic E-state index is 11.4. The van der Waals surface area contributed by atoms with Crippen LogP contribution in [0.15, 0.2) is 24.4 Å². The van der Waals surface area contributed by atoms with Crippen LogP contribution in [-0.4, -0.2) is 223 Å². The number of hydrogen-bond acceptors (Lipinski definition) is 28. The molecular formula is C34H59ClN21O23P5. The van der Waals surface area contributed by atoms with E-state index in [4.69, 9.17) is 69.6 Å². The number of epoxide rings is 1. The predicted octanol–water partition coefficient (Wildman–Crippen LogP) is 0.899. The number of carboxylic acids is 2. The van der Waals surface area contributed by atoms with E-state index >= 15 is 0 Å². The molecule has 4 amide bonds. The lowest BCUT2D eigenvalue weighted by atomic mass is 10.3. The summed E-state index contributed by atoms with van der Waals surface area (Å²) >= 11 is 4.82. The van der Waals surface area contributed by atoms with Crippen LogP contribution in [0.25, 0.3) is 52.2 Å². The molecule has 8 N–H and O–H groups in total. The molecule has 84 heavy (non-hydrogen) atoms. The van der Waals surface area contributed by atoms with E-state index in [-0.39, 0.29) is 127 Å². The summed E-state index contributed by atoms with van der Waals surface area (Å²) in [6.45, 7) is 3.06. The molecule has 44 nitrogen and oxygen atoms in total. The average Bonchev–Trinajstić information content (AvgIpc) is 4.45. The van der Waals surface area contributed by atoms with E-state index in [9.17, 15) is 57.8 Å². The number of azide groups is 5. The van der Waals surface area contributed by atoms with Crippen LogP contribution in [0.4, 0.5) is 0 Å². The zero-order valence-electron chi connectivity index (χ0n) is 44.8. The van der Waals surface area contributed by atoms with Crippen molar-refractivity contribution in [3.63, 3.8) is 0 Å². The number of carbonyl (C=O) groups excluding carboxylic acids is 9. The first kappa shape index (κ1) is 83.5. The first-order valence-corrected chi connectivity index (χ1v) is 27.2. The van der Waals surface area contributed by atoms with E-state index in [1.165, 1.54) is 30.7 Å². The highest BCUT2D eigenvalue weighted by Gasteiger charge is 2.33. The highest BCUT2D eigenvalue weighted by atomic mass is 35.5. The fourth-order valence-electron chi connectivity index (χ4n) is 4.16. The number of aliphatic hydroxyl groups is 2. The first-order valence-electron chi connectivity index (χ1n) is 22.2. The van der Waals surface area contributed by atoms with Gasteiger partial charge in [0.25, 0.3) is 11.8 Å². The van der Waals surface area contributed by atoms with E-state index in [2.05, 4.69) is 87.8 Å². The Labute approximate surface area is 487 Å². The molecule has 4 saturated heterocycles. The molecule has 0 aliphatic carbocycles. The molecule has 4 aliphatic heterocycles. The molecule has 0 bridgehead atoms. The van der Waals surface area contributed by atoms with Gasteiger partial charge in [-0.05, 0) is 39.3 Å². The summed E-state index contributed by atoms with van der Waals surface area (Å²) in [7, 11) is 3.34. The van der Waals surface area contributed by atoms with Gasteiger partial charge >= 0.3 is 35.8 Å². The number of halogens is 1. The zero-order chi connectivity index (χ0) is 65.0. The Morgan fingerprint density at radius 3 is 1.49 bits per heavy atom. The van der Waals surface area contributed by atoms with Gasteiger partial charge in [-0.15, -0.1) is 0 Å². The topological polar surface area (TPSA) is 649 Å². The van der Waals surface area contributed by atoms with E-state index in [0.717, 1.165) is 11.8 Å². The van der Waals surface area contributed by atoms with Crippen LogP contribution in [0, 0.1) is 0 Å². The summed E-state index contributed by atoms with van der Waals surface area (Å²) in [5.41, 5.74) is 44.3. The lowest BCUT2D eigenvalue weighted by Crippen LogP contribution is -2.46. The highest BCUT2D eigenvalue weighted by Crippen LogP contribution is 2.25. The third-order valence-electron chi connectivity index (χ3n) is 8.21. The quantitative estimate of drug-likeness (QED) is 0.00966. The fourth-order valence-corrected chi connectivity index (χ4v) is 6.43. The number of esters is 4. The van der Waals surface area contributed by atoms with Crippen molar-refractivity contribution in [3.8, 4) is 0 Å². The molecule has 11 unspecified atom stereocenters. The van der Waals surface area contributed by atoms with E-state index in [0.29, 0.717) is 13.0 Å². The van der Waals surface area contributed by atoms with Crippen LogP contribution in [0.2, 0.25) is 0 Å². The van der Waals surface area contributed by atoms with Gasteiger partial charge in [-0.2, -0.15) is 0 Å². The minimum atomic E-state index is -1.43. The summed E-state index contributed by atoms with van der Waals surface area (Å²) in [4.78, 5) is 145. The van der Waals surface area contributed by atoms with Crippen molar-refractivity contribution in [2.24, 2.45) is 29.9 Å². The minimum Gasteiger partial charge on any atom is -0.479 e. The molecule has 0 radical (unpaired) electrons. The van der Waals surface area contributed by atoms with Crippen molar-refractivity contribution in [3.05, 3.63) is 52.2 Å². The van der Waals surface area contributed by atoms with Gasteiger partial charge in [-0.3, -0.25) is 29.1 Å². The second kappa shape index (κ2) is 54.0. The molecule has 11 atom stereocenters. The molecule has 4 rings (SSSR count). The summed E-state index contributed by atoms with van der Waals surface area (Å²) in [5, 5.41) is 39.9. The van der Waals surface area contributed by atoms with Crippen molar-refractivity contribution in [2.75, 3.05) is 87.6 Å². The third-order valence-corrected chi connectivity index (χ3v) is 11.8. The van der Waals surface area contributed by atoms with Crippen molar-refractivity contribution >= 4 is 121 Å². The molecule has 0 aromatic carbocycles. The smallest absolute Gasteiger partial charge is 0.337 e. The van der Waals surface area contributed by atoms with Crippen molar-refractivity contribution in [2.45, 2.75) is 63.3 Å². The van der Waals surface area contributed by atoms with E-state index in [1.54, 1.807) is 13.8 Å².